The van der Waals surface area contributed by atoms with Gasteiger partial charge < -0.3 is 5.32 Å². The molecular formula is C10H16F3N3. The van der Waals surface area contributed by atoms with Crippen LogP contribution in [0.4, 0.5) is 13.2 Å². The van der Waals surface area contributed by atoms with Gasteiger partial charge in [0.2, 0.25) is 0 Å². The molecule has 0 aliphatic rings. The van der Waals surface area contributed by atoms with E-state index in [1.807, 2.05) is 17.7 Å². The third-order valence-electron chi connectivity index (χ3n) is 2.22. The summed E-state index contributed by atoms with van der Waals surface area (Å²) in [4.78, 5) is 0. The second-order valence-corrected chi connectivity index (χ2v) is 3.53. The molecule has 92 valence electrons. The first-order valence-corrected chi connectivity index (χ1v) is 5.31. The second kappa shape index (κ2) is 5.89. The molecule has 1 rings (SSSR count). The van der Waals surface area contributed by atoms with Crippen molar-refractivity contribution in [1.82, 2.24) is 15.1 Å². The van der Waals surface area contributed by atoms with Crippen LogP contribution in [-0.4, -0.2) is 22.5 Å². The Balaban J connectivity index is 2.16. The summed E-state index contributed by atoms with van der Waals surface area (Å²) < 4.78 is 37.3. The highest BCUT2D eigenvalue weighted by molar-refractivity contribution is 4.99. The maximum Gasteiger partial charge on any atom is 0.389 e. The van der Waals surface area contributed by atoms with Crippen molar-refractivity contribution in [2.45, 2.75) is 39.0 Å². The molecule has 0 saturated heterocycles. The lowest BCUT2D eigenvalue weighted by Gasteiger charge is -2.08. The largest absolute Gasteiger partial charge is 0.389 e. The zero-order chi connectivity index (χ0) is 12.0. The third kappa shape index (κ3) is 4.65. The highest BCUT2D eigenvalue weighted by atomic mass is 19.4. The summed E-state index contributed by atoms with van der Waals surface area (Å²) >= 11 is 0. The number of nitrogens with zero attached hydrogens (tertiary/aromatic N) is 2. The van der Waals surface area contributed by atoms with Gasteiger partial charge in [0.15, 0.2) is 0 Å². The van der Waals surface area contributed by atoms with Gasteiger partial charge in [0.05, 0.1) is 5.69 Å². The summed E-state index contributed by atoms with van der Waals surface area (Å²) in [6.45, 7) is 3.67. The Labute approximate surface area is 92.6 Å². The van der Waals surface area contributed by atoms with Crippen LogP contribution in [0, 0.1) is 0 Å². The molecular weight excluding hydrogens is 219 g/mol. The van der Waals surface area contributed by atoms with E-state index in [0.717, 1.165) is 12.2 Å². The lowest BCUT2D eigenvalue weighted by molar-refractivity contribution is -0.135. The van der Waals surface area contributed by atoms with Crippen molar-refractivity contribution in [2.24, 2.45) is 0 Å². The van der Waals surface area contributed by atoms with Crippen LogP contribution in [0.1, 0.15) is 25.5 Å². The van der Waals surface area contributed by atoms with Crippen molar-refractivity contribution in [1.29, 1.82) is 0 Å². The van der Waals surface area contributed by atoms with Gasteiger partial charge in [-0.05, 0) is 26.0 Å². The van der Waals surface area contributed by atoms with Crippen molar-refractivity contribution in [3.63, 3.8) is 0 Å². The molecule has 0 unspecified atom stereocenters. The molecule has 0 aliphatic carbocycles. The van der Waals surface area contributed by atoms with E-state index in [-0.39, 0.29) is 6.42 Å². The first-order valence-electron chi connectivity index (χ1n) is 5.31. The minimum Gasteiger partial charge on any atom is -0.311 e. The van der Waals surface area contributed by atoms with Gasteiger partial charge in [-0.1, -0.05) is 0 Å². The van der Waals surface area contributed by atoms with Crippen LogP contribution in [0.25, 0.3) is 0 Å². The van der Waals surface area contributed by atoms with E-state index in [1.54, 1.807) is 6.20 Å². The van der Waals surface area contributed by atoms with E-state index >= 15 is 0 Å². The van der Waals surface area contributed by atoms with Crippen molar-refractivity contribution in [3.05, 3.63) is 18.0 Å². The molecule has 0 radical (unpaired) electrons. The van der Waals surface area contributed by atoms with Crippen LogP contribution in [0.5, 0.6) is 0 Å². The minimum absolute atomic E-state index is 0.115. The molecule has 1 heterocycles. The SMILES string of the molecule is CCn1nccc1CNCCCC(F)(F)F. The first kappa shape index (κ1) is 13.0. The summed E-state index contributed by atoms with van der Waals surface area (Å²) in [5.41, 5.74) is 0.995. The van der Waals surface area contributed by atoms with Gasteiger partial charge in [0, 0.05) is 25.7 Å². The number of alkyl halides is 3. The fourth-order valence-corrected chi connectivity index (χ4v) is 1.43. The Morgan fingerprint density at radius 1 is 1.44 bits per heavy atom. The highest BCUT2D eigenvalue weighted by Crippen LogP contribution is 2.20. The predicted molar refractivity (Wildman–Crippen MR) is 54.9 cm³/mol. The topological polar surface area (TPSA) is 29.9 Å². The van der Waals surface area contributed by atoms with Gasteiger partial charge in [-0.3, -0.25) is 4.68 Å². The molecule has 0 aromatic carbocycles. The van der Waals surface area contributed by atoms with Gasteiger partial charge in [0.1, 0.15) is 0 Å². The maximum atomic E-state index is 11.8. The van der Waals surface area contributed by atoms with E-state index in [4.69, 9.17) is 0 Å². The Bertz CT molecular complexity index is 307. The van der Waals surface area contributed by atoms with Crippen LogP contribution >= 0.6 is 0 Å². The molecule has 1 N–H and O–H groups in total. The summed E-state index contributed by atoms with van der Waals surface area (Å²) in [6, 6.07) is 1.86. The van der Waals surface area contributed by atoms with Crippen molar-refractivity contribution in [2.75, 3.05) is 6.54 Å². The standard InChI is InChI=1S/C10H16F3N3/c1-2-16-9(4-7-15-16)8-14-6-3-5-10(11,12)13/h4,7,14H,2-3,5-6,8H2,1H3. The molecule has 16 heavy (non-hydrogen) atoms. The Hall–Kier alpha value is -1.04. The first-order chi connectivity index (χ1) is 7.53. The molecule has 1 aromatic heterocycles. The van der Waals surface area contributed by atoms with Crippen LogP contribution in [0.3, 0.4) is 0 Å². The number of halogens is 3. The second-order valence-electron chi connectivity index (χ2n) is 3.53. The van der Waals surface area contributed by atoms with Crippen LogP contribution < -0.4 is 5.32 Å². The summed E-state index contributed by atoms with van der Waals surface area (Å²) in [5.74, 6) is 0. The molecule has 6 heteroatoms. The highest BCUT2D eigenvalue weighted by Gasteiger charge is 2.25. The zero-order valence-corrected chi connectivity index (χ0v) is 9.22. The van der Waals surface area contributed by atoms with E-state index in [2.05, 4.69) is 10.4 Å². The number of rotatable bonds is 6. The quantitative estimate of drug-likeness (QED) is 0.767. The lowest BCUT2D eigenvalue weighted by Crippen LogP contribution is -2.19. The number of nitrogens with one attached hydrogen (secondary N) is 1. The molecule has 0 bridgehead atoms. The van der Waals surface area contributed by atoms with Gasteiger partial charge in [-0.25, -0.2) is 0 Å². The average Bonchev–Trinajstić information content (AvgIpc) is 2.63. The summed E-state index contributed by atoms with van der Waals surface area (Å²) in [7, 11) is 0. The maximum absolute atomic E-state index is 11.8. The van der Waals surface area contributed by atoms with Crippen molar-refractivity contribution >= 4 is 0 Å². The zero-order valence-electron chi connectivity index (χ0n) is 9.22. The Morgan fingerprint density at radius 3 is 2.81 bits per heavy atom. The van der Waals surface area contributed by atoms with E-state index in [0.29, 0.717) is 13.1 Å². The number of aryl methyl sites for hydroxylation is 1. The molecule has 0 amide bonds. The summed E-state index contributed by atoms with van der Waals surface area (Å²) in [6.07, 6.45) is -2.97. The van der Waals surface area contributed by atoms with Gasteiger partial charge >= 0.3 is 6.18 Å². The molecule has 3 nitrogen and oxygen atoms in total. The molecule has 0 saturated carbocycles. The Morgan fingerprint density at radius 2 is 2.19 bits per heavy atom. The number of hydrogen-bond donors (Lipinski definition) is 1. The Kier molecular flexibility index (Phi) is 4.79. The number of hydrogen-bond acceptors (Lipinski definition) is 2. The fraction of sp³-hybridized carbons (Fsp3) is 0.700. The monoisotopic (exact) mass is 235 g/mol. The molecule has 0 aliphatic heterocycles. The normalized spacial score (nSPS) is 12.0. The smallest absolute Gasteiger partial charge is 0.311 e. The van der Waals surface area contributed by atoms with Crippen molar-refractivity contribution in [3.8, 4) is 0 Å². The van der Waals surface area contributed by atoms with Crippen molar-refractivity contribution < 1.29 is 13.2 Å². The van der Waals surface area contributed by atoms with Crippen LogP contribution in [0.15, 0.2) is 12.3 Å². The summed E-state index contributed by atoms with van der Waals surface area (Å²) in [5, 5.41) is 7.04. The molecule has 0 spiro atoms. The third-order valence-corrected chi connectivity index (χ3v) is 2.22. The minimum atomic E-state index is -4.05. The fourth-order valence-electron chi connectivity index (χ4n) is 1.43. The van der Waals surface area contributed by atoms with Crippen LogP contribution in [0.2, 0.25) is 0 Å². The lowest BCUT2D eigenvalue weighted by atomic mass is 10.3. The van der Waals surface area contributed by atoms with E-state index in [1.165, 1.54) is 0 Å². The molecule has 0 atom stereocenters. The number of aromatic nitrogens is 2. The van der Waals surface area contributed by atoms with Crippen LogP contribution in [-0.2, 0) is 13.1 Å². The van der Waals surface area contributed by atoms with Gasteiger partial charge in [0.25, 0.3) is 0 Å². The predicted octanol–water partition coefficient (Wildman–Crippen LogP) is 2.34. The van der Waals surface area contributed by atoms with E-state index < -0.39 is 12.6 Å². The van der Waals surface area contributed by atoms with Gasteiger partial charge in [-0.2, -0.15) is 18.3 Å². The van der Waals surface area contributed by atoms with Gasteiger partial charge in [-0.15, -0.1) is 0 Å². The molecule has 1 aromatic rings. The molecule has 0 fully saturated rings. The average molecular weight is 235 g/mol. The van der Waals surface area contributed by atoms with E-state index in [9.17, 15) is 13.2 Å².